The van der Waals surface area contributed by atoms with Crippen molar-refractivity contribution in [2.24, 2.45) is 0 Å². The molecule has 0 unspecified atom stereocenters. The number of piperazine rings is 1. The number of thioether (sulfide) groups is 1. The summed E-state index contributed by atoms with van der Waals surface area (Å²) in [7, 11) is -3.46. The lowest BCUT2D eigenvalue weighted by Gasteiger charge is -2.34. The Morgan fingerprint density at radius 2 is 1.64 bits per heavy atom. The summed E-state index contributed by atoms with van der Waals surface area (Å²) in [5, 5.41) is 3.02. The number of hydrogen-bond donors (Lipinski definition) is 1. The average molecular weight is 524 g/mol. The van der Waals surface area contributed by atoms with Crippen LogP contribution in [0.4, 0.5) is 0 Å². The first-order chi connectivity index (χ1) is 17.4. The highest BCUT2D eigenvalue weighted by Crippen LogP contribution is 2.19. The van der Waals surface area contributed by atoms with Gasteiger partial charge in [0.1, 0.15) is 0 Å². The molecule has 0 radical (unpaired) electrons. The van der Waals surface area contributed by atoms with Crippen LogP contribution in [0.1, 0.15) is 27.0 Å². The molecule has 190 valence electrons. The largest absolute Gasteiger partial charge is 0.351 e. The minimum atomic E-state index is -3.46. The fourth-order valence-corrected chi connectivity index (χ4v) is 6.61. The second kappa shape index (κ2) is 12.5. The van der Waals surface area contributed by atoms with Crippen LogP contribution in [0.15, 0.2) is 83.8 Å². The zero-order chi connectivity index (χ0) is 25.4. The highest BCUT2D eigenvalue weighted by atomic mass is 32.2. The van der Waals surface area contributed by atoms with E-state index in [1.165, 1.54) is 11.1 Å². The highest BCUT2D eigenvalue weighted by Gasteiger charge is 2.28. The molecule has 3 aromatic carbocycles. The molecule has 1 heterocycles. The van der Waals surface area contributed by atoms with E-state index in [1.54, 1.807) is 28.6 Å². The zero-order valence-corrected chi connectivity index (χ0v) is 22.2. The maximum atomic E-state index is 12.8. The molecule has 1 fully saturated rings. The number of carbonyl (C=O) groups is 1. The van der Waals surface area contributed by atoms with Crippen LogP contribution in [0.2, 0.25) is 0 Å². The van der Waals surface area contributed by atoms with E-state index in [-0.39, 0.29) is 5.91 Å². The monoisotopic (exact) mass is 523 g/mol. The molecule has 1 amide bonds. The van der Waals surface area contributed by atoms with Gasteiger partial charge in [0.25, 0.3) is 5.91 Å². The third-order valence-corrected chi connectivity index (χ3v) is 9.28. The molecule has 4 rings (SSSR count). The number of nitrogens with one attached hydrogen (secondary N) is 1. The summed E-state index contributed by atoms with van der Waals surface area (Å²) in [4.78, 5) is 15.2. The lowest BCUT2D eigenvalue weighted by Crippen LogP contribution is -2.48. The number of amides is 1. The number of nitrogens with zero attached hydrogens (tertiary/aromatic N) is 2. The van der Waals surface area contributed by atoms with E-state index in [2.05, 4.69) is 35.3 Å². The third kappa shape index (κ3) is 6.97. The Labute approximate surface area is 218 Å². The molecule has 8 heteroatoms. The standard InChI is InChI=1S/C28H33N3O3S2/c1-23-8-5-6-10-26(23)22-35-19-14-29-28(32)25-11-7-9-24(20-25)21-30-15-17-31(18-16-30)36(33,34)27-12-3-2-4-13-27/h2-13,20H,14-19,21-22H2,1H3,(H,29,32). The number of benzene rings is 3. The predicted molar refractivity (Wildman–Crippen MR) is 147 cm³/mol. The van der Waals surface area contributed by atoms with Crippen molar-refractivity contribution >= 4 is 27.7 Å². The van der Waals surface area contributed by atoms with Gasteiger partial charge in [-0.3, -0.25) is 9.69 Å². The molecule has 1 saturated heterocycles. The number of sulfonamides is 1. The first-order valence-electron chi connectivity index (χ1n) is 12.2. The van der Waals surface area contributed by atoms with Gasteiger partial charge in [0.2, 0.25) is 10.0 Å². The molecule has 0 aliphatic carbocycles. The Hall–Kier alpha value is -2.65. The van der Waals surface area contributed by atoms with Crippen LogP contribution in [0.5, 0.6) is 0 Å². The van der Waals surface area contributed by atoms with Crippen LogP contribution in [0.3, 0.4) is 0 Å². The molecule has 0 aromatic heterocycles. The van der Waals surface area contributed by atoms with E-state index < -0.39 is 10.0 Å². The number of aryl methyl sites for hydroxylation is 1. The molecule has 0 bridgehead atoms. The number of hydrogen-bond acceptors (Lipinski definition) is 5. The summed E-state index contributed by atoms with van der Waals surface area (Å²) >= 11 is 1.82. The van der Waals surface area contributed by atoms with Crippen molar-refractivity contribution in [3.05, 3.63) is 101 Å². The molecule has 3 aromatic rings. The van der Waals surface area contributed by atoms with Gasteiger partial charge in [-0.25, -0.2) is 8.42 Å². The number of rotatable bonds is 10. The van der Waals surface area contributed by atoms with Crippen molar-refractivity contribution in [3.63, 3.8) is 0 Å². The summed E-state index contributed by atoms with van der Waals surface area (Å²) in [5.74, 6) is 1.74. The van der Waals surface area contributed by atoms with Gasteiger partial charge in [-0.15, -0.1) is 0 Å². The molecule has 1 aliphatic rings. The van der Waals surface area contributed by atoms with Gasteiger partial charge in [-0.1, -0.05) is 54.6 Å². The minimum Gasteiger partial charge on any atom is -0.351 e. The van der Waals surface area contributed by atoms with E-state index in [4.69, 9.17) is 0 Å². The first kappa shape index (κ1) is 26.4. The van der Waals surface area contributed by atoms with E-state index in [1.807, 2.05) is 48.2 Å². The van der Waals surface area contributed by atoms with Crippen LogP contribution < -0.4 is 5.32 Å². The van der Waals surface area contributed by atoms with Gasteiger partial charge in [0.05, 0.1) is 4.90 Å². The van der Waals surface area contributed by atoms with Crippen molar-refractivity contribution in [2.75, 3.05) is 38.5 Å². The van der Waals surface area contributed by atoms with Crippen molar-refractivity contribution in [1.82, 2.24) is 14.5 Å². The second-order valence-electron chi connectivity index (χ2n) is 8.93. The predicted octanol–water partition coefficient (Wildman–Crippen LogP) is 4.16. The molecular formula is C28H33N3O3S2. The van der Waals surface area contributed by atoms with E-state index >= 15 is 0 Å². The molecule has 0 saturated carbocycles. The molecular weight excluding hydrogens is 490 g/mol. The lowest BCUT2D eigenvalue weighted by atomic mass is 10.1. The molecule has 0 spiro atoms. The molecule has 36 heavy (non-hydrogen) atoms. The third-order valence-electron chi connectivity index (χ3n) is 6.36. The maximum absolute atomic E-state index is 12.8. The first-order valence-corrected chi connectivity index (χ1v) is 14.8. The minimum absolute atomic E-state index is 0.0629. The van der Waals surface area contributed by atoms with Crippen molar-refractivity contribution in [1.29, 1.82) is 0 Å². The Morgan fingerprint density at radius 1 is 0.917 bits per heavy atom. The van der Waals surface area contributed by atoms with Gasteiger partial charge >= 0.3 is 0 Å². The highest BCUT2D eigenvalue weighted by molar-refractivity contribution is 7.98. The molecule has 1 aliphatic heterocycles. The van der Waals surface area contributed by atoms with E-state index in [0.29, 0.717) is 49.7 Å². The maximum Gasteiger partial charge on any atom is 0.251 e. The average Bonchev–Trinajstić information content (AvgIpc) is 2.90. The van der Waals surface area contributed by atoms with Crippen LogP contribution in [0, 0.1) is 6.92 Å². The van der Waals surface area contributed by atoms with Crippen LogP contribution in [0.25, 0.3) is 0 Å². The molecule has 6 nitrogen and oxygen atoms in total. The van der Waals surface area contributed by atoms with Crippen LogP contribution >= 0.6 is 11.8 Å². The Kier molecular flexibility index (Phi) is 9.20. The van der Waals surface area contributed by atoms with Crippen molar-refractivity contribution < 1.29 is 13.2 Å². The van der Waals surface area contributed by atoms with Gasteiger partial charge < -0.3 is 5.32 Å². The van der Waals surface area contributed by atoms with Crippen molar-refractivity contribution in [3.8, 4) is 0 Å². The normalized spacial score (nSPS) is 15.0. The summed E-state index contributed by atoms with van der Waals surface area (Å²) in [6, 6.07) is 24.7. The zero-order valence-electron chi connectivity index (χ0n) is 20.6. The van der Waals surface area contributed by atoms with E-state index in [9.17, 15) is 13.2 Å². The summed E-state index contributed by atoms with van der Waals surface area (Å²) < 4.78 is 27.3. The van der Waals surface area contributed by atoms with Crippen LogP contribution in [-0.4, -0.2) is 62.0 Å². The number of carbonyl (C=O) groups excluding carboxylic acids is 1. The van der Waals surface area contributed by atoms with Gasteiger partial charge in [-0.05, 0) is 47.9 Å². The summed E-state index contributed by atoms with van der Waals surface area (Å²) in [6.45, 7) is 5.65. The van der Waals surface area contributed by atoms with Gasteiger partial charge in [-0.2, -0.15) is 16.1 Å². The van der Waals surface area contributed by atoms with Crippen molar-refractivity contribution in [2.45, 2.75) is 24.1 Å². The Bertz CT molecular complexity index is 1260. The Morgan fingerprint density at radius 3 is 2.39 bits per heavy atom. The summed E-state index contributed by atoms with van der Waals surface area (Å²) in [5.41, 5.74) is 4.34. The topological polar surface area (TPSA) is 69.7 Å². The molecule has 1 N–H and O–H groups in total. The SMILES string of the molecule is Cc1ccccc1CSCCNC(=O)c1cccc(CN2CCN(S(=O)(=O)c3ccccc3)CC2)c1. The Balaban J connectivity index is 1.22. The second-order valence-corrected chi connectivity index (χ2v) is 12.0. The van der Waals surface area contributed by atoms with Gasteiger partial charge in [0.15, 0.2) is 0 Å². The fourth-order valence-electron chi connectivity index (χ4n) is 4.23. The fraction of sp³-hybridized carbons (Fsp3) is 0.321. The van der Waals surface area contributed by atoms with Gasteiger partial charge in [0, 0.05) is 56.3 Å². The smallest absolute Gasteiger partial charge is 0.251 e. The molecule has 0 atom stereocenters. The summed E-state index contributed by atoms with van der Waals surface area (Å²) in [6.07, 6.45) is 0. The lowest BCUT2D eigenvalue weighted by molar-refractivity contribution is 0.0956. The van der Waals surface area contributed by atoms with Crippen LogP contribution in [-0.2, 0) is 22.3 Å². The van der Waals surface area contributed by atoms with E-state index in [0.717, 1.165) is 17.1 Å². The quantitative estimate of drug-likeness (QED) is 0.404.